The monoisotopic (exact) mass is 290 g/mol. The molecule has 0 fully saturated rings. The average Bonchev–Trinajstić information content (AvgIpc) is 2.89. The Balaban J connectivity index is 2.16. The fourth-order valence-corrected chi connectivity index (χ4v) is 2.83. The summed E-state index contributed by atoms with van der Waals surface area (Å²) in [6.07, 6.45) is 2.77. The molecule has 3 rings (SSSR count). The van der Waals surface area contributed by atoms with Gasteiger partial charge in [0.1, 0.15) is 17.9 Å². The first-order valence-electron chi connectivity index (χ1n) is 6.62. The van der Waals surface area contributed by atoms with Gasteiger partial charge in [-0.15, -0.1) is 0 Å². The summed E-state index contributed by atoms with van der Waals surface area (Å²) in [5.74, 6) is 0.667. The Morgan fingerprint density at radius 1 is 1.40 bits per heavy atom. The van der Waals surface area contributed by atoms with Crippen LogP contribution in [-0.4, -0.2) is 6.61 Å². The van der Waals surface area contributed by atoms with E-state index in [1.807, 2.05) is 19.1 Å². The Morgan fingerprint density at radius 2 is 2.15 bits per heavy atom. The van der Waals surface area contributed by atoms with E-state index < -0.39 is 0 Å². The van der Waals surface area contributed by atoms with Crippen LogP contribution in [-0.2, 0) is 12.8 Å². The summed E-state index contributed by atoms with van der Waals surface area (Å²) in [6, 6.07) is 3.86. The van der Waals surface area contributed by atoms with Gasteiger partial charge in [0.2, 0.25) is 0 Å². The lowest BCUT2D eigenvalue weighted by atomic mass is 10.0. The lowest BCUT2D eigenvalue weighted by Gasteiger charge is -2.11. The second kappa shape index (κ2) is 4.98. The third-order valence-electron chi connectivity index (χ3n) is 3.72. The van der Waals surface area contributed by atoms with E-state index in [0.717, 1.165) is 41.3 Å². The van der Waals surface area contributed by atoms with Crippen LogP contribution in [0.1, 0.15) is 23.1 Å². The van der Waals surface area contributed by atoms with Gasteiger partial charge in [-0.3, -0.25) is 0 Å². The summed E-state index contributed by atoms with van der Waals surface area (Å²) in [5.41, 5.74) is 3.19. The Kier molecular flexibility index (Phi) is 3.30. The standard InChI is InChI=1S/C16H15ClO3/c1-9(17)8-19-14-7-6-12-11-4-3-5-13(11)16(18)20-15(12)10(14)2/h6-7H,1,3-5,8H2,2H3. The van der Waals surface area contributed by atoms with E-state index >= 15 is 0 Å². The zero-order valence-electron chi connectivity index (χ0n) is 11.3. The molecule has 4 heteroatoms. The van der Waals surface area contributed by atoms with Gasteiger partial charge in [-0.05, 0) is 43.9 Å². The van der Waals surface area contributed by atoms with Crippen LogP contribution in [0.4, 0.5) is 0 Å². The molecule has 0 saturated carbocycles. The second-order valence-corrected chi connectivity index (χ2v) is 5.61. The molecule has 0 N–H and O–H groups in total. The quantitative estimate of drug-likeness (QED) is 0.809. The number of halogens is 1. The van der Waals surface area contributed by atoms with Gasteiger partial charge < -0.3 is 9.15 Å². The zero-order chi connectivity index (χ0) is 14.3. The fourth-order valence-electron chi connectivity index (χ4n) is 2.78. The van der Waals surface area contributed by atoms with Crippen LogP contribution < -0.4 is 10.4 Å². The van der Waals surface area contributed by atoms with E-state index in [1.165, 1.54) is 0 Å². The van der Waals surface area contributed by atoms with Crippen LogP contribution >= 0.6 is 11.6 Å². The highest BCUT2D eigenvalue weighted by Crippen LogP contribution is 2.33. The second-order valence-electron chi connectivity index (χ2n) is 5.07. The molecule has 2 aromatic rings. The van der Waals surface area contributed by atoms with E-state index in [0.29, 0.717) is 16.4 Å². The normalized spacial score (nSPS) is 13.5. The van der Waals surface area contributed by atoms with Crippen molar-refractivity contribution in [3.8, 4) is 5.75 Å². The minimum absolute atomic E-state index is 0.216. The molecule has 3 nitrogen and oxygen atoms in total. The van der Waals surface area contributed by atoms with Gasteiger partial charge in [-0.2, -0.15) is 0 Å². The maximum Gasteiger partial charge on any atom is 0.339 e. The molecule has 0 atom stereocenters. The van der Waals surface area contributed by atoms with E-state index in [9.17, 15) is 4.79 Å². The van der Waals surface area contributed by atoms with Crippen molar-refractivity contribution in [3.63, 3.8) is 0 Å². The molecule has 0 bridgehead atoms. The first-order valence-corrected chi connectivity index (χ1v) is 7.00. The highest BCUT2D eigenvalue weighted by atomic mass is 35.5. The number of rotatable bonds is 3. The Hall–Kier alpha value is -1.74. The van der Waals surface area contributed by atoms with Gasteiger partial charge in [-0.1, -0.05) is 18.2 Å². The zero-order valence-corrected chi connectivity index (χ0v) is 12.0. The number of hydrogen-bond acceptors (Lipinski definition) is 3. The molecule has 0 radical (unpaired) electrons. The van der Waals surface area contributed by atoms with Gasteiger partial charge in [0.05, 0.1) is 0 Å². The number of fused-ring (bicyclic) bond motifs is 3. The molecule has 1 heterocycles. The minimum Gasteiger partial charge on any atom is -0.488 e. The summed E-state index contributed by atoms with van der Waals surface area (Å²) in [4.78, 5) is 12.0. The first kappa shape index (κ1) is 13.3. The van der Waals surface area contributed by atoms with Crippen molar-refractivity contribution >= 4 is 22.6 Å². The molecule has 1 aliphatic carbocycles. The molecule has 1 aliphatic rings. The van der Waals surface area contributed by atoms with Crippen molar-refractivity contribution in [3.05, 3.63) is 50.9 Å². The van der Waals surface area contributed by atoms with Gasteiger partial charge in [0, 0.05) is 21.5 Å². The molecule has 0 unspecified atom stereocenters. The van der Waals surface area contributed by atoms with Gasteiger partial charge in [-0.25, -0.2) is 4.79 Å². The summed E-state index contributed by atoms with van der Waals surface area (Å²) >= 11 is 5.71. The maximum absolute atomic E-state index is 12.0. The van der Waals surface area contributed by atoms with E-state index in [4.69, 9.17) is 20.8 Å². The van der Waals surface area contributed by atoms with Gasteiger partial charge in [0.25, 0.3) is 0 Å². The largest absolute Gasteiger partial charge is 0.488 e. The van der Waals surface area contributed by atoms with Crippen molar-refractivity contribution in [2.75, 3.05) is 6.61 Å². The van der Waals surface area contributed by atoms with Gasteiger partial charge >= 0.3 is 5.63 Å². The topological polar surface area (TPSA) is 39.4 Å². The minimum atomic E-state index is -0.216. The highest BCUT2D eigenvalue weighted by molar-refractivity contribution is 6.29. The summed E-state index contributed by atoms with van der Waals surface area (Å²) in [7, 11) is 0. The van der Waals surface area contributed by atoms with Crippen LogP contribution in [0.5, 0.6) is 5.75 Å². The maximum atomic E-state index is 12.0. The average molecular weight is 291 g/mol. The highest BCUT2D eigenvalue weighted by Gasteiger charge is 2.21. The Bertz CT molecular complexity index is 758. The molecule has 0 saturated heterocycles. The van der Waals surface area contributed by atoms with Crippen LogP contribution in [0.2, 0.25) is 0 Å². The van der Waals surface area contributed by atoms with E-state index in [1.54, 1.807) is 0 Å². The molecular formula is C16H15ClO3. The van der Waals surface area contributed by atoms with Crippen molar-refractivity contribution < 1.29 is 9.15 Å². The molecule has 104 valence electrons. The van der Waals surface area contributed by atoms with Crippen LogP contribution in [0.3, 0.4) is 0 Å². The van der Waals surface area contributed by atoms with Crippen molar-refractivity contribution in [2.45, 2.75) is 26.2 Å². The van der Waals surface area contributed by atoms with Crippen molar-refractivity contribution in [1.82, 2.24) is 0 Å². The third kappa shape index (κ3) is 2.12. The summed E-state index contributed by atoms with van der Waals surface area (Å²) in [5, 5.41) is 1.45. The molecule has 0 aliphatic heterocycles. The van der Waals surface area contributed by atoms with Crippen molar-refractivity contribution in [1.29, 1.82) is 0 Å². The first-order chi connectivity index (χ1) is 9.58. The Morgan fingerprint density at radius 3 is 2.90 bits per heavy atom. The Labute approximate surface area is 121 Å². The van der Waals surface area contributed by atoms with E-state index in [2.05, 4.69) is 6.58 Å². The fraction of sp³-hybridized carbons (Fsp3) is 0.312. The molecule has 0 amide bonds. The summed E-state index contributed by atoms with van der Waals surface area (Å²) in [6.45, 7) is 5.72. The van der Waals surface area contributed by atoms with Crippen molar-refractivity contribution in [2.24, 2.45) is 0 Å². The predicted molar refractivity (Wildman–Crippen MR) is 79.7 cm³/mol. The lowest BCUT2D eigenvalue weighted by Crippen LogP contribution is -2.08. The van der Waals surface area contributed by atoms with Crippen LogP contribution in [0.25, 0.3) is 11.0 Å². The van der Waals surface area contributed by atoms with E-state index in [-0.39, 0.29) is 12.2 Å². The molecule has 1 aromatic heterocycles. The lowest BCUT2D eigenvalue weighted by molar-refractivity contribution is 0.356. The molecule has 1 aromatic carbocycles. The molecule has 20 heavy (non-hydrogen) atoms. The van der Waals surface area contributed by atoms with Gasteiger partial charge in [0.15, 0.2) is 0 Å². The van der Waals surface area contributed by atoms with Crippen LogP contribution in [0.15, 0.2) is 33.0 Å². The molecular weight excluding hydrogens is 276 g/mol. The van der Waals surface area contributed by atoms with Crippen LogP contribution in [0, 0.1) is 6.92 Å². The predicted octanol–water partition coefficient (Wildman–Crippen LogP) is 3.72. The summed E-state index contributed by atoms with van der Waals surface area (Å²) < 4.78 is 11.1. The number of aryl methyl sites for hydroxylation is 2. The SMILES string of the molecule is C=C(Cl)COc1ccc2c3c(c(=O)oc2c1C)CCC3. The third-order valence-corrected chi connectivity index (χ3v) is 3.83. The number of hydrogen-bond donors (Lipinski definition) is 0. The smallest absolute Gasteiger partial charge is 0.339 e. The number of benzene rings is 1. The number of ether oxygens (including phenoxy) is 1. The molecule has 0 spiro atoms.